The first kappa shape index (κ1) is 11.0. The van der Waals surface area contributed by atoms with Gasteiger partial charge in [-0.25, -0.2) is 4.39 Å². The molecule has 1 aromatic rings. The molecule has 0 aliphatic heterocycles. The average Bonchev–Trinajstić information content (AvgIpc) is 2.27. The van der Waals surface area contributed by atoms with Crippen molar-refractivity contribution in [3.63, 3.8) is 0 Å². The molecule has 0 aliphatic rings. The van der Waals surface area contributed by atoms with E-state index in [1.54, 1.807) is 0 Å². The molecule has 0 unspecified atom stereocenters. The third-order valence-corrected chi connectivity index (χ3v) is 1.67. The summed E-state index contributed by atoms with van der Waals surface area (Å²) in [5.41, 5.74) is 8.98. The van der Waals surface area contributed by atoms with Gasteiger partial charge in [0, 0.05) is 22.7 Å². The van der Waals surface area contributed by atoms with Crippen LogP contribution in [0, 0.1) is 0 Å². The third-order valence-electron chi connectivity index (χ3n) is 1.67. The van der Waals surface area contributed by atoms with Crippen molar-refractivity contribution in [2.75, 3.05) is 13.2 Å². The van der Waals surface area contributed by atoms with E-state index in [4.69, 9.17) is 5.53 Å². The van der Waals surface area contributed by atoms with Gasteiger partial charge in [0.2, 0.25) is 0 Å². The first-order valence-corrected chi connectivity index (χ1v) is 4.27. The fourth-order valence-corrected chi connectivity index (χ4v) is 0.994. The van der Waals surface area contributed by atoms with E-state index in [0.717, 1.165) is 0 Å². The lowest BCUT2D eigenvalue weighted by atomic mass is 10.2. The number of alkyl halides is 1. The Labute approximate surface area is 85.5 Å². The molecule has 0 fully saturated rings. The summed E-state index contributed by atoms with van der Waals surface area (Å²) in [7, 11) is 0. The second kappa shape index (κ2) is 5.62. The Bertz CT molecular complexity index is 384. The first-order chi connectivity index (χ1) is 7.27. The second-order valence-electron chi connectivity index (χ2n) is 2.68. The van der Waals surface area contributed by atoms with E-state index in [-0.39, 0.29) is 12.5 Å². The number of azide groups is 1. The number of halogens is 1. The molecule has 0 bridgehead atoms. The van der Waals surface area contributed by atoms with Crippen LogP contribution in [0.4, 0.5) is 10.1 Å². The van der Waals surface area contributed by atoms with Crippen LogP contribution in [0.3, 0.4) is 0 Å². The highest BCUT2D eigenvalue weighted by molar-refractivity contribution is 5.94. The van der Waals surface area contributed by atoms with E-state index >= 15 is 0 Å². The van der Waals surface area contributed by atoms with Gasteiger partial charge in [-0.15, -0.1) is 0 Å². The Morgan fingerprint density at radius 2 is 2.13 bits per heavy atom. The molecule has 0 aromatic heterocycles. The van der Waals surface area contributed by atoms with Gasteiger partial charge in [-0.1, -0.05) is 17.2 Å². The van der Waals surface area contributed by atoms with Crippen LogP contribution in [-0.2, 0) is 0 Å². The van der Waals surface area contributed by atoms with Gasteiger partial charge in [0.1, 0.15) is 6.67 Å². The monoisotopic (exact) mass is 208 g/mol. The number of nitrogens with zero attached hydrogens (tertiary/aromatic N) is 3. The summed E-state index contributed by atoms with van der Waals surface area (Å²) < 4.78 is 11.8. The summed E-state index contributed by atoms with van der Waals surface area (Å²) in [5, 5.41) is 5.74. The van der Waals surface area contributed by atoms with Crippen molar-refractivity contribution in [3.05, 3.63) is 40.3 Å². The maximum absolute atomic E-state index is 11.8. The molecule has 0 aliphatic carbocycles. The summed E-state index contributed by atoms with van der Waals surface area (Å²) in [5.74, 6) is -0.347. The van der Waals surface area contributed by atoms with Gasteiger partial charge in [0.15, 0.2) is 0 Å². The molecular weight excluding hydrogens is 199 g/mol. The number of hydrogen-bond acceptors (Lipinski definition) is 2. The van der Waals surface area contributed by atoms with Crippen LogP contribution in [-0.4, -0.2) is 19.1 Å². The zero-order valence-corrected chi connectivity index (χ0v) is 7.85. The van der Waals surface area contributed by atoms with Gasteiger partial charge in [-0.05, 0) is 17.7 Å². The minimum Gasteiger partial charge on any atom is -0.349 e. The fraction of sp³-hybridized carbons (Fsp3) is 0.222. The lowest BCUT2D eigenvalue weighted by Crippen LogP contribution is -2.25. The Morgan fingerprint density at radius 1 is 1.47 bits per heavy atom. The number of nitrogens with one attached hydrogen (secondary N) is 1. The molecule has 6 heteroatoms. The van der Waals surface area contributed by atoms with E-state index in [1.165, 1.54) is 24.3 Å². The van der Waals surface area contributed by atoms with Crippen molar-refractivity contribution in [1.82, 2.24) is 5.32 Å². The number of rotatable bonds is 4. The van der Waals surface area contributed by atoms with Crippen molar-refractivity contribution in [1.29, 1.82) is 0 Å². The van der Waals surface area contributed by atoms with Gasteiger partial charge in [-0.2, -0.15) is 0 Å². The third kappa shape index (κ3) is 3.28. The fourth-order valence-electron chi connectivity index (χ4n) is 0.994. The molecule has 1 amide bonds. The Balaban J connectivity index is 2.70. The van der Waals surface area contributed by atoms with E-state index in [9.17, 15) is 9.18 Å². The average molecular weight is 208 g/mol. The summed E-state index contributed by atoms with van der Waals surface area (Å²) >= 11 is 0. The maximum Gasteiger partial charge on any atom is 0.251 e. The molecule has 15 heavy (non-hydrogen) atoms. The standard InChI is InChI=1S/C9H9FN4O/c10-5-6-12-9(15)7-1-3-8(4-2-7)13-14-11/h1-4H,5-6H2,(H,12,15). The van der Waals surface area contributed by atoms with Crippen LogP contribution in [0.1, 0.15) is 10.4 Å². The Morgan fingerprint density at radius 3 is 2.67 bits per heavy atom. The molecule has 0 radical (unpaired) electrons. The van der Waals surface area contributed by atoms with Gasteiger partial charge in [-0.3, -0.25) is 4.79 Å². The predicted molar refractivity (Wildman–Crippen MR) is 53.6 cm³/mol. The number of hydrogen-bond donors (Lipinski definition) is 1. The van der Waals surface area contributed by atoms with Crippen LogP contribution in [0.25, 0.3) is 10.4 Å². The minimum atomic E-state index is -0.595. The zero-order chi connectivity index (χ0) is 11.1. The van der Waals surface area contributed by atoms with Gasteiger partial charge < -0.3 is 5.32 Å². The molecule has 0 saturated heterocycles. The van der Waals surface area contributed by atoms with Crippen LogP contribution >= 0.6 is 0 Å². The lowest BCUT2D eigenvalue weighted by molar-refractivity contribution is 0.0951. The van der Waals surface area contributed by atoms with E-state index in [1.807, 2.05) is 0 Å². The van der Waals surface area contributed by atoms with E-state index in [0.29, 0.717) is 11.3 Å². The van der Waals surface area contributed by atoms with Crippen LogP contribution < -0.4 is 5.32 Å². The lowest BCUT2D eigenvalue weighted by Gasteiger charge is -2.02. The molecule has 0 atom stereocenters. The molecule has 0 spiro atoms. The zero-order valence-electron chi connectivity index (χ0n) is 7.85. The molecule has 5 nitrogen and oxygen atoms in total. The van der Waals surface area contributed by atoms with Gasteiger partial charge >= 0.3 is 0 Å². The number of carbonyl (C=O) groups is 1. The van der Waals surface area contributed by atoms with Crippen molar-refractivity contribution in [2.24, 2.45) is 5.11 Å². The molecule has 1 aromatic carbocycles. The van der Waals surface area contributed by atoms with Gasteiger partial charge in [0.05, 0.1) is 0 Å². The quantitative estimate of drug-likeness (QED) is 0.460. The Hall–Kier alpha value is -2.07. The number of amides is 1. The molecule has 78 valence electrons. The maximum atomic E-state index is 11.8. The summed E-state index contributed by atoms with van der Waals surface area (Å²) in [6, 6.07) is 6.06. The highest BCUT2D eigenvalue weighted by atomic mass is 19.1. The molecular formula is C9H9FN4O. The van der Waals surface area contributed by atoms with Crippen molar-refractivity contribution in [2.45, 2.75) is 0 Å². The van der Waals surface area contributed by atoms with Gasteiger partial charge in [0.25, 0.3) is 5.91 Å². The number of benzene rings is 1. The van der Waals surface area contributed by atoms with Crippen molar-refractivity contribution in [3.8, 4) is 0 Å². The van der Waals surface area contributed by atoms with Crippen molar-refractivity contribution < 1.29 is 9.18 Å². The van der Waals surface area contributed by atoms with E-state index < -0.39 is 6.67 Å². The molecule has 1 N–H and O–H groups in total. The molecule has 0 heterocycles. The predicted octanol–water partition coefficient (Wildman–Crippen LogP) is 2.33. The normalized spacial score (nSPS) is 9.13. The minimum absolute atomic E-state index is 0.00304. The number of carbonyl (C=O) groups excluding carboxylic acids is 1. The summed E-state index contributed by atoms with van der Waals surface area (Å²) in [6.07, 6.45) is 0. The summed E-state index contributed by atoms with van der Waals surface area (Å²) in [4.78, 5) is 13.9. The summed E-state index contributed by atoms with van der Waals surface area (Å²) in [6.45, 7) is -0.598. The topological polar surface area (TPSA) is 77.9 Å². The first-order valence-electron chi connectivity index (χ1n) is 4.27. The SMILES string of the molecule is [N-]=[N+]=Nc1ccc(C(=O)NCCF)cc1. The highest BCUT2D eigenvalue weighted by Crippen LogP contribution is 2.12. The molecule has 1 rings (SSSR count). The van der Waals surface area contributed by atoms with E-state index in [2.05, 4.69) is 15.3 Å². The molecule has 0 saturated carbocycles. The Kier molecular flexibility index (Phi) is 4.12. The second-order valence-corrected chi connectivity index (χ2v) is 2.68. The largest absolute Gasteiger partial charge is 0.349 e. The van der Waals surface area contributed by atoms with Crippen LogP contribution in [0.15, 0.2) is 29.4 Å². The van der Waals surface area contributed by atoms with Crippen LogP contribution in [0.2, 0.25) is 0 Å². The van der Waals surface area contributed by atoms with Crippen LogP contribution in [0.5, 0.6) is 0 Å². The van der Waals surface area contributed by atoms with Crippen molar-refractivity contribution >= 4 is 11.6 Å². The smallest absolute Gasteiger partial charge is 0.251 e. The highest BCUT2D eigenvalue weighted by Gasteiger charge is 2.03.